The number of nitrogens with zero attached hydrogens (tertiary/aromatic N) is 1. The molecule has 19 heavy (non-hydrogen) atoms. The first-order valence-corrected chi connectivity index (χ1v) is 7.57. The summed E-state index contributed by atoms with van der Waals surface area (Å²) in [7, 11) is 0. The van der Waals surface area contributed by atoms with Gasteiger partial charge in [-0.1, -0.05) is 19.4 Å². The Morgan fingerprint density at radius 2 is 1.95 bits per heavy atom. The summed E-state index contributed by atoms with van der Waals surface area (Å²) in [6, 6.07) is 0. The SMILES string of the molecule is CC(C)C1=C2[C@@H](CC[C@](C)(O)[C@H]2O)[C@@](C)(N=S)CC1. The van der Waals surface area contributed by atoms with E-state index in [1.54, 1.807) is 6.92 Å². The van der Waals surface area contributed by atoms with E-state index in [4.69, 9.17) is 12.4 Å². The maximum atomic E-state index is 10.6. The van der Waals surface area contributed by atoms with Crippen LogP contribution in [0.3, 0.4) is 0 Å². The number of hydrogen-bond donors (Lipinski definition) is 2. The first-order valence-electron chi connectivity index (χ1n) is 7.20. The van der Waals surface area contributed by atoms with Crippen LogP contribution in [0.5, 0.6) is 0 Å². The van der Waals surface area contributed by atoms with Crippen LogP contribution in [-0.4, -0.2) is 27.5 Å². The molecule has 2 rings (SSSR count). The van der Waals surface area contributed by atoms with E-state index in [0.717, 1.165) is 24.8 Å². The summed E-state index contributed by atoms with van der Waals surface area (Å²) in [6.45, 7) is 8.13. The zero-order valence-corrected chi connectivity index (χ0v) is 13.1. The second-order valence-electron chi connectivity index (χ2n) is 6.93. The van der Waals surface area contributed by atoms with E-state index in [1.165, 1.54) is 5.57 Å². The Bertz CT molecular complexity index is 416. The molecule has 2 N–H and O–H groups in total. The molecule has 0 radical (unpaired) electrons. The molecule has 0 aromatic rings. The van der Waals surface area contributed by atoms with Crippen molar-refractivity contribution in [2.75, 3.05) is 0 Å². The summed E-state index contributed by atoms with van der Waals surface area (Å²) < 4.78 is 4.20. The van der Waals surface area contributed by atoms with Gasteiger partial charge in [-0.3, -0.25) is 0 Å². The first kappa shape index (κ1) is 15.1. The smallest absolute Gasteiger partial charge is 0.104 e. The fourth-order valence-corrected chi connectivity index (χ4v) is 3.96. The van der Waals surface area contributed by atoms with Crippen molar-refractivity contribution < 1.29 is 10.2 Å². The molecule has 1 fully saturated rings. The molecule has 0 bridgehead atoms. The third-order valence-electron chi connectivity index (χ3n) is 5.13. The number of aliphatic hydroxyl groups is 2. The lowest BCUT2D eigenvalue weighted by Crippen LogP contribution is -2.53. The number of fused-ring (bicyclic) bond motifs is 1. The highest BCUT2D eigenvalue weighted by Gasteiger charge is 2.50. The lowest BCUT2D eigenvalue weighted by Gasteiger charge is -2.49. The van der Waals surface area contributed by atoms with E-state index in [2.05, 4.69) is 25.1 Å². The van der Waals surface area contributed by atoms with Crippen molar-refractivity contribution in [1.82, 2.24) is 0 Å². The van der Waals surface area contributed by atoms with Crippen molar-refractivity contribution in [2.45, 2.75) is 70.6 Å². The summed E-state index contributed by atoms with van der Waals surface area (Å²) in [5.74, 6) is 0.585. The summed E-state index contributed by atoms with van der Waals surface area (Å²) in [4.78, 5) is 0. The van der Waals surface area contributed by atoms with Gasteiger partial charge in [0.05, 0.1) is 11.1 Å². The second-order valence-corrected chi connectivity index (χ2v) is 7.12. The lowest BCUT2D eigenvalue weighted by atomic mass is 9.60. The summed E-state index contributed by atoms with van der Waals surface area (Å²) in [5, 5.41) is 21.0. The normalized spacial score (nSPS) is 43.3. The average molecular weight is 283 g/mol. The van der Waals surface area contributed by atoms with Gasteiger partial charge in [0.1, 0.15) is 6.10 Å². The molecular weight excluding hydrogens is 258 g/mol. The molecule has 1 saturated carbocycles. The van der Waals surface area contributed by atoms with Crippen LogP contribution >= 0.6 is 0 Å². The van der Waals surface area contributed by atoms with Gasteiger partial charge in [0.15, 0.2) is 0 Å². The Hall–Kier alpha value is -0.320. The molecule has 0 saturated heterocycles. The topological polar surface area (TPSA) is 52.8 Å². The van der Waals surface area contributed by atoms with Crippen molar-refractivity contribution in [3.05, 3.63) is 11.1 Å². The third kappa shape index (κ3) is 2.39. The van der Waals surface area contributed by atoms with Crippen LogP contribution in [0.2, 0.25) is 0 Å². The minimum atomic E-state index is -1.02. The zero-order valence-electron chi connectivity index (χ0n) is 12.3. The Balaban J connectivity index is 2.52. The van der Waals surface area contributed by atoms with Crippen molar-refractivity contribution in [3.8, 4) is 0 Å². The van der Waals surface area contributed by atoms with Crippen molar-refractivity contribution in [1.29, 1.82) is 0 Å². The molecule has 3 nitrogen and oxygen atoms in total. The molecule has 0 unspecified atom stereocenters. The quantitative estimate of drug-likeness (QED) is 0.766. The van der Waals surface area contributed by atoms with Crippen LogP contribution in [0.15, 0.2) is 15.5 Å². The third-order valence-corrected chi connectivity index (χ3v) is 5.54. The van der Waals surface area contributed by atoms with E-state index in [1.807, 2.05) is 0 Å². The van der Waals surface area contributed by atoms with E-state index in [9.17, 15) is 10.2 Å². The monoisotopic (exact) mass is 283 g/mol. The molecule has 108 valence electrons. The molecule has 0 aliphatic heterocycles. The highest BCUT2D eigenvalue weighted by Crippen LogP contribution is 2.51. The number of aliphatic hydroxyl groups excluding tert-OH is 1. The van der Waals surface area contributed by atoms with Crippen LogP contribution in [0.1, 0.15) is 53.4 Å². The van der Waals surface area contributed by atoms with Crippen LogP contribution < -0.4 is 0 Å². The predicted molar refractivity (Wildman–Crippen MR) is 78.7 cm³/mol. The molecule has 2 aliphatic carbocycles. The van der Waals surface area contributed by atoms with Crippen molar-refractivity contribution in [3.63, 3.8) is 0 Å². The minimum absolute atomic E-state index is 0.186. The molecule has 4 heteroatoms. The van der Waals surface area contributed by atoms with Gasteiger partial charge in [-0.15, -0.1) is 0 Å². The molecular formula is C15H25NO2S. The van der Waals surface area contributed by atoms with Crippen LogP contribution in [0.4, 0.5) is 0 Å². The standard InChI is InChI=1S/C15H25NO2S/c1-9(2)10-5-7-14(3,16-19)11-6-8-15(4,18)13(17)12(10)11/h9,11,13,17-18H,5-8H2,1-4H3/t11-,13+,14+,15+/m1/s1. The Labute approximate surface area is 121 Å². The number of allylic oxidation sites excluding steroid dienone is 1. The molecule has 4 atom stereocenters. The zero-order chi connectivity index (χ0) is 14.4. The van der Waals surface area contributed by atoms with Crippen LogP contribution in [-0.2, 0) is 12.4 Å². The van der Waals surface area contributed by atoms with Gasteiger partial charge in [-0.05, 0) is 51.0 Å². The van der Waals surface area contributed by atoms with Gasteiger partial charge in [0, 0.05) is 18.3 Å². The van der Waals surface area contributed by atoms with Crippen molar-refractivity contribution >= 4 is 12.4 Å². The van der Waals surface area contributed by atoms with Gasteiger partial charge in [-0.25, -0.2) is 4.36 Å². The largest absolute Gasteiger partial charge is 0.387 e. The maximum Gasteiger partial charge on any atom is 0.104 e. The van der Waals surface area contributed by atoms with E-state index in [-0.39, 0.29) is 11.5 Å². The van der Waals surface area contributed by atoms with Gasteiger partial charge in [0.2, 0.25) is 0 Å². The number of hydrogen-bond acceptors (Lipinski definition) is 4. The van der Waals surface area contributed by atoms with E-state index < -0.39 is 11.7 Å². The first-order chi connectivity index (χ1) is 8.73. The maximum absolute atomic E-state index is 10.6. The molecule has 0 heterocycles. The van der Waals surface area contributed by atoms with Gasteiger partial charge >= 0.3 is 0 Å². The fourth-order valence-electron chi connectivity index (χ4n) is 3.74. The summed E-state index contributed by atoms with van der Waals surface area (Å²) in [6.07, 6.45) is 2.56. The average Bonchev–Trinajstić information content (AvgIpc) is 2.34. The van der Waals surface area contributed by atoms with Gasteiger partial charge in [0.25, 0.3) is 0 Å². The van der Waals surface area contributed by atoms with Crippen molar-refractivity contribution in [2.24, 2.45) is 16.2 Å². The second kappa shape index (κ2) is 4.90. The van der Waals surface area contributed by atoms with E-state index >= 15 is 0 Å². The van der Waals surface area contributed by atoms with Gasteiger partial charge < -0.3 is 10.2 Å². The molecule has 0 aromatic heterocycles. The highest BCUT2D eigenvalue weighted by atomic mass is 32.1. The van der Waals surface area contributed by atoms with E-state index in [0.29, 0.717) is 12.3 Å². The highest BCUT2D eigenvalue weighted by molar-refractivity contribution is 7.47. The fraction of sp³-hybridized carbons (Fsp3) is 0.867. The Morgan fingerprint density at radius 1 is 1.32 bits per heavy atom. The van der Waals surface area contributed by atoms with Crippen LogP contribution in [0.25, 0.3) is 0 Å². The van der Waals surface area contributed by atoms with Gasteiger partial charge in [-0.2, -0.15) is 0 Å². The summed E-state index contributed by atoms with van der Waals surface area (Å²) >= 11 is 5.01. The lowest BCUT2D eigenvalue weighted by molar-refractivity contribution is -0.0780. The molecule has 2 aliphatic rings. The minimum Gasteiger partial charge on any atom is -0.387 e. The van der Waals surface area contributed by atoms with Crippen LogP contribution in [0, 0.1) is 11.8 Å². The molecule has 0 aromatic carbocycles. The Morgan fingerprint density at radius 3 is 2.47 bits per heavy atom. The number of rotatable bonds is 2. The summed E-state index contributed by atoms with van der Waals surface area (Å²) in [5.41, 5.74) is 1.04. The Kier molecular flexibility index (Phi) is 3.89. The molecule has 0 spiro atoms. The predicted octanol–water partition coefficient (Wildman–Crippen LogP) is 2.74. The molecule has 0 amide bonds.